The fraction of sp³-hybridized carbons (Fsp3) is 0.200. The van der Waals surface area contributed by atoms with Crippen LogP contribution in [0, 0.1) is 0 Å². The fourth-order valence-corrected chi connectivity index (χ4v) is 2.88. The van der Waals surface area contributed by atoms with E-state index in [1.165, 1.54) is 0 Å². The van der Waals surface area contributed by atoms with Gasteiger partial charge in [0.25, 0.3) is 0 Å². The van der Waals surface area contributed by atoms with Gasteiger partial charge in [0.05, 0.1) is 6.54 Å². The summed E-state index contributed by atoms with van der Waals surface area (Å²) in [6, 6.07) is 15.3. The molecule has 4 aromatic rings. The summed E-state index contributed by atoms with van der Waals surface area (Å²) in [5, 5.41) is 17.9. The number of aromatic nitrogens is 5. The molecule has 0 aliphatic carbocycles. The van der Waals surface area contributed by atoms with Gasteiger partial charge in [0.1, 0.15) is 16.7 Å². The van der Waals surface area contributed by atoms with Crippen molar-refractivity contribution in [1.29, 1.82) is 0 Å². The minimum Gasteiger partial charge on any atom is -0.359 e. The Hall–Kier alpha value is -3.39. The molecule has 9 heteroatoms. The molecule has 1 aromatic carbocycles. The molecule has 0 aliphatic heterocycles. The predicted molar refractivity (Wildman–Crippen MR) is 112 cm³/mol. The van der Waals surface area contributed by atoms with E-state index >= 15 is 0 Å². The molecule has 4 rings (SSSR count). The Kier molecular flexibility index (Phi) is 5.44. The highest BCUT2D eigenvalue weighted by molar-refractivity contribution is 6.29. The molecule has 3 heterocycles. The Morgan fingerprint density at radius 1 is 1.07 bits per heavy atom. The Balaban J connectivity index is 1.43. The Morgan fingerprint density at radius 3 is 2.66 bits per heavy atom. The third-order valence-electron chi connectivity index (χ3n) is 4.22. The number of hydrogen-bond donors (Lipinski definition) is 3. The van der Waals surface area contributed by atoms with Gasteiger partial charge in [-0.2, -0.15) is 10.1 Å². The Morgan fingerprint density at radius 2 is 1.90 bits per heavy atom. The SMILES string of the molecule is CC(C)c1cc(Nc2cc(Cl)nc(NCc3cc(-c4ccccc4)no3)n2)n[nH]1. The van der Waals surface area contributed by atoms with Crippen LogP contribution in [0.25, 0.3) is 11.3 Å². The van der Waals surface area contributed by atoms with Crippen LogP contribution in [0.2, 0.25) is 5.15 Å². The predicted octanol–water partition coefficient (Wildman–Crippen LogP) is 4.99. The molecule has 0 radical (unpaired) electrons. The maximum atomic E-state index is 6.14. The van der Waals surface area contributed by atoms with Crippen molar-refractivity contribution in [2.45, 2.75) is 26.3 Å². The lowest BCUT2D eigenvalue weighted by molar-refractivity contribution is 0.390. The number of halogens is 1. The van der Waals surface area contributed by atoms with Crippen LogP contribution < -0.4 is 10.6 Å². The highest BCUT2D eigenvalue weighted by Gasteiger charge is 2.10. The normalized spacial score (nSPS) is 11.0. The zero-order valence-electron chi connectivity index (χ0n) is 16.0. The molecule has 3 aromatic heterocycles. The number of nitrogens with zero attached hydrogens (tertiary/aromatic N) is 4. The van der Waals surface area contributed by atoms with Crippen molar-refractivity contribution in [3.8, 4) is 11.3 Å². The van der Waals surface area contributed by atoms with E-state index in [4.69, 9.17) is 16.1 Å². The molecule has 8 nitrogen and oxygen atoms in total. The summed E-state index contributed by atoms with van der Waals surface area (Å²) in [6.07, 6.45) is 0. The number of nitrogens with one attached hydrogen (secondary N) is 3. The number of aromatic amines is 1. The summed E-state index contributed by atoms with van der Waals surface area (Å²) >= 11 is 6.14. The van der Waals surface area contributed by atoms with Gasteiger partial charge in [0, 0.05) is 29.5 Å². The summed E-state index contributed by atoms with van der Waals surface area (Å²) in [5.41, 5.74) is 2.80. The second kappa shape index (κ2) is 8.32. The minimum absolute atomic E-state index is 0.312. The van der Waals surface area contributed by atoms with Gasteiger partial charge in [-0.25, -0.2) is 4.98 Å². The van der Waals surface area contributed by atoms with Crippen molar-refractivity contribution in [1.82, 2.24) is 25.3 Å². The van der Waals surface area contributed by atoms with Gasteiger partial charge < -0.3 is 15.2 Å². The molecule has 0 bridgehead atoms. The molecule has 0 saturated heterocycles. The standard InChI is InChI=1S/C20H20ClN7O/c1-12(2)15-9-19(27-26-15)24-18-10-17(21)23-20(25-18)22-11-14-8-16(28-29-14)13-6-4-3-5-7-13/h3-10,12H,11H2,1-2H3,(H3,22,23,24,25,26,27). The molecule has 0 aliphatic rings. The molecule has 3 N–H and O–H groups in total. The van der Waals surface area contributed by atoms with Gasteiger partial charge in [-0.15, -0.1) is 0 Å². The molecule has 0 saturated carbocycles. The van der Waals surface area contributed by atoms with Crippen molar-refractivity contribution in [2.75, 3.05) is 10.6 Å². The quantitative estimate of drug-likeness (QED) is 0.369. The van der Waals surface area contributed by atoms with E-state index < -0.39 is 0 Å². The van der Waals surface area contributed by atoms with Crippen molar-refractivity contribution in [3.63, 3.8) is 0 Å². The van der Waals surface area contributed by atoms with Crippen LogP contribution in [0.4, 0.5) is 17.6 Å². The van der Waals surface area contributed by atoms with E-state index in [0.717, 1.165) is 17.0 Å². The lowest BCUT2D eigenvalue weighted by atomic mass is 10.1. The molecular formula is C20H20ClN7O. The maximum absolute atomic E-state index is 6.14. The molecular weight excluding hydrogens is 390 g/mol. The topological polar surface area (TPSA) is 105 Å². The molecule has 0 amide bonds. The van der Waals surface area contributed by atoms with Gasteiger partial charge in [0.2, 0.25) is 5.95 Å². The molecule has 0 fully saturated rings. The highest BCUT2D eigenvalue weighted by Crippen LogP contribution is 2.22. The first-order valence-corrected chi connectivity index (χ1v) is 9.56. The largest absolute Gasteiger partial charge is 0.359 e. The van der Waals surface area contributed by atoms with E-state index in [2.05, 4.69) is 49.8 Å². The smallest absolute Gasteiger partial charge is 0.226 e. The first-order valence-electron chi connectivity index (χ1n) is 9.18. The number of benzene rings is 1. The third kappa shape index (κ3) is 4.72. The van der Waals surface area contributed by atoms with E-state index in [0.29, 0.717) is 41.0 Å². The zero-order valence-corrected chi connectivity index (χ0v) is 16.7. The van der Waals surface area contributed by atoms with E-state index in [1.807, 2.05) is 42.5 Å². The number of hydrogen-bond acceptors (Lipinski definition) is 7. The van der Waals surface area contributed by atoms with Crippen molar-refractivity contribution in [3.05, 3.63) is 65.1 Å². The summed E-state index contributed by atoms with van der Waals surface area (Å²) in [7, 11) is 0. The van der Waals surface area contributed by atoms with Gasteiger partial charge in [-0.05, 0) is 5.92 Å². The Labute approximate surface area is 172 Å². The van der Waals surface area contributed by atoms with Crippen LogP contribution in [-0.4, -0.2) is 25.3 Å². The number of rotatable bonds is 7. The van der Waals surface area contributed by atoms with Crippen LogP contribution >= 0.6 is 11.6 Å². The van der Waals surface area contributed by atoms with Crippen LogP contribution in [-0.2, 0) is 6.54 Å². The van der Waals surface area contributed by atoms with Gasteiger partial charge in [0.15, 0.2) is 11.6 Å². The van der Waals surface area contributed by atoms with Crippen LogP contribution in [0.5, 0.6) is 0 Å². The first kappa shape index (κ1) is 18.9. The zero-order chi connectivity index (χ0) is 20.2. The van der Waals surface area contributed by atoms with Crippen molar-refractivity contribution < 1.29 is 4.52 Å². The lowest BCUT2D eigenvalue weighted by Gasteiger charge is -2.06. The van der Waals surface area contributed by atoms with Gasteiger partial charge >= 0.3 is 0 Å². The van der Waals surface area contributed by atoms with Crippen molar-refractivity contribution in [2.24, 2.45) is 0 Å². The summed E-state index contributed by atoms with van der Waals surface area (Å²) in [6.45, 7) is 4.56. The van der Waals surface area contributed by atoms with Crippen molar-refractivity contribution >= 4 is 29.2 Å². The fourth-order valence-electron chi connectivity index (χ4n) is 2.70. The molecule has 0 spiro atoms. The number of H-pyrrole nitrogens is 1. The second-order valence-electron chi connectivity index (χ2n) is 6.79. The van der Waals surface area contributed by atoms with Gasteiger partial charge in [-0.1, -0.05) is 60.9 Å². The highest BCUT2D eigenvalue weighted by atomic mass is 35.5. The third-order valence-corrected chi connectivity index (χ3v) is 4.41. The molecule has 29 heavy (non-hydrogen) atoms. The lowest BCUT2D eigenvalue weighted by Crippen LogP contribution is -2.05. The van der Waals surface area contributed by atoms with E-state index in [9.17, 15) is 0 Å². The van der Waals surface area contributed by atoms with E-state index in [-0.39, 0.29) is 0 Å². The first-order chi connectivity index (χ1) is 14.1. The van der Waals surface area contributed by atoms with Crippen LogP contribution in [0.1, 0.15) is 31.2 Å². The average Bonchev–Trinajstić information content (AvgIpc) is 3.36. The van der Waals surface area contributed by atoms with E-state index in [1.54, 1.807) is 6.07 Å². The number of anilines is 3. The van der Waals surface area contributed by atoms with Crippen LogP contribution in [0.15, 0.2) is 53.1 Å². The molecule has 0 unspecified atom stereocenters. The molecule has 0 atom stereocenters. The maximum Gasteiger partial charge on any atom is 0.226 e. The summed E-state index contributed by atoms with van der Waals surface area (Å²) in [4.78, 5) is 8.63. The molecule has 148 valence electrons. The Bertz CT molecular complexity index is 1090. The van der Waals surface area contributed by atoms with Crippen LogP contribution in [0.3, 0.4) is 0 Å². The minimum atomic E-state index is 0.312. The monoisotopic (exact) mass is 409 g/mol. The summed E-state index contributed by atoms with van der Waals surface area (Å²) in [5.74, 6) is 2.59. The van der Waals surface area contributed by atoms with Gasteiger partial charge in [-0.3, -0.25) is 5.10 Å². The second-order valence-corrected chi connectivity index (χ2v) is 7.17. The average molecular weight is 410 g/mol. The summed E-state index contributed by atoms with van der Waals surface area (Å²) < 4.78 is 5.39.